The molecular weight excluding hydrogens is 304 g/mol. The minimum absolute atomic E-state index is 0.277. The second-order valence-electron chi connectivity index (χ2n) is 6.85. The number of rotatable bonds is 2. The first-order chi connectivity index (χ1) is 11.4. The van der Waals surface area contributed by atoms with Crippen LogP contribution in [0.25, 0.3) is 16.8 Å². The molecule has 3 rings (SSSR count). The molecule has 1 aromatic carbocycles. The molecule has 0 bridgehead atoms. The van der Waals surface area contributed by atoms with E-state index < -0.39 is 5.60 Å². The van der Waals surface area contributed by atoms with Crippen molar-refractivity contribution in [1.29, 1.82) is 0 Å². The van der Waals surface area contributed by atoms with Crippen molar-refractivity contribution in [3.63, 3.8) is 0 Å². The van der Waals surface area contributed by atoms with E-state index in [2.05, 4.69) is 5.16 Å². The van der Waals surface area contributed by atoms with Crippen molar-refractivity contribution in [3.8, 4) is 11.3 Å². The molecule has 1 aromatic heterocycles. The lowest BCUT2D eigenvalue weighted by Crippen LogP contribution is -2.39. The highest BCUT2D eigenvalue weighted by Crippen LogP contribution is 2.27. The highest BCUT2D eigenvalue weighted by Gasteiger charge is 2.24. The monoisotopic (exact) mass is 326 g/mol. The molecule has 0 atom stereocenters. The van der Waals surface area contributed by atoms with Crippen molar-refractivity contribution in [2.45, 2.75) is 32.8 Å². The number of aromatic nitrogens is 1. The number of hydrogen-bond donors (Lipinski definition) is 0. The summed E-state index contributed by atoms with van der Waals surface area (Å²) in [7, 11) is 0. The maximum absolute atomic E-state index is 12.1. The Morgan fingerprint density at radius 2 is 2.00 bits per heavy atom. The number of nitrogens with zero attached hydrogens (tertiary/aromatic N) is 2. The van der Waals surface area contributed by atoms with E-state index in [9.17, 15) is 4.79 Å². The van der Waals surface area contributed by atoms with Crippen LogP contribution < -0.4 is 0 Å². The summed E-state index contributed by atoms with van der Waals surface area (Å²) in [5, 5.41) is 4.14. The minimum Gasteiger partial charge on any atom is -0.444 e. The van der Waals surface area contributed by atoms with Gasteiger partial charge in [-0.3, -0.25) is 0 Å². The van der Waals surface area contributed by atoms with Crippen LogP contribution in [0.15, 0.2) is 47.0 Å². The molecule has 5 heteroatoms. The van der Waals surface area contributed by atoms with Gasteiger partial charge in [0.05, 0.1) is 0 Å². The fourth-order valence-electron chi connectivity index (χ4n) is 2.56. The molecular formula is C19H22N2O3. The lowest BCUT2D eigenvalue weighted by atomic mass is 10.0. The molecule has 5 nitrogen and oxygen atoms in total. The molecule has 1 aliphatic heterocycles. The van der Waals surface area contributed by atoms with Gasteiger partial charge in [-0.2, -0.15) is 0 Å². The summed E-state index contributed by atoms with van der Waals surface area (Å²) < 4.78 is 10.9. The van der Waals surface area contributed by atoms with Gasteiger partial charge in [0, 0.05) is 24.7 Å². The predicted octanol–water partition coefficient (Wildman–Crippen LogP) is 4.37. The highest BCUT2D eigenvalue weighted by atomic mass is 16.6. The molecule has 24 heavy (non-hydrogen) atoms. The van der Waals surface area contributed by atoms with Gasteiger partial charge in [0.2, 0.25) is 0 Å². The van der Waals surface area contributed by atoms with Crippen LogP contribution in [0.5, 0.6) is 0 Å². The van der Waals surface area contributed by atoms with Gasteiger partial charge in [-0.25, -0.2) is 4.79 Å². The van der Waals surface area contributed by atoms with E-state index in [1.165, 1.54) is 0 Å². The summed E-state index contributed by atoms with van der Waals surface area (Å²) in [5.41, 5.74) is 2.45. The lowest BCUT2D eigenvalue weighted by molar-refractivity contribution is 0.0270. The average molecular weight is 326 g/mol. The van der Waals surface area contributed by atoms with Crippen molar-refractivity contribution < 1.29 is 14.1 Å². The van der Waals surface area contributed by atoms with Crippen LogP contribution >= 0.6 is 0 Å². The van der Waals surface area contributed by atoms with Crippen LogP contribution in [0.1, 0.15) is 33.0 Å². The van der Waals surface area contributed by atoms with Gasteiger partial charge in [-0.1, -0.05) is 41.6 Å². The van der Waals surface area contributed by atoms with E-state index in [1.54, 1.807) is 4.90 Å². The first-order valence-electron chi connectivity index (χ1n) is 8.12. The smallest absolute Gasteiger partial charge is 0.410 e. The quantitative estimate of drug-likeness (QED) is 0.822. The Morgan fingerprint density at radius 1 is 1.25 bits per heavy atom. The van der Waals surface area contributed by atoms with E-state index >= 15 is 0 Å². The summed E-state index contributed by atoms with van der Waals surface area (Å²) >= 11 is 0. The molecule has 0 saturated heterocycles. The zero-order valence-electron chi connectivity index (χ0n) is 14.3. The van der Waals surface area contributed by atoms with E-state index in [4.69, 9.17) is 9.26 Å². The molecule has 0 unspecified atom stereocenters. The third kappa shape index (κ3) is 3.85. The topological polar surface area (TPSA) is 55.6 Å². The molecule has 0 radical (unpaired) electrons. The SMILES string of the molecule is CC(C)(C)OC(=O)N1CC=C(c2cc(-c3ccccc3)no2)CC1. The van der Waals surface area contributed by atoms with Crippen molar-refractivity contribution in [1.82, 2.24) is 10.1 Å². The molecule has 1 amide bonds. The Bertz CT molecular complexity index is 741. The number of carbonyl (C=O) groups excluding carboxylic acids is 1. The molecule has 0 aliphatic carbocycles. The molecule has 0 spiro atoms. The van der Waals surface area contributed by atoms with E-state index in [0.29, 0.717) is 13.1 Å². The molecule has 0 fully saturated rings. The third-order valence-electron chi connectivity index (χ3n) is 3.76. The van der Waals surface area contributed by atoms with Gasteiger partial charge < -0.3 is 14.2 Å². The molecule has 2 aromatic rings. The van der Waals surface area contributed by atoms with Crippen molar-refractivity contribution in [2.75, 3.05) is 13.1 Å². The molecule has 0 saturated carbocycles. The zero-order valence-corrected chi connectivity index (χ0v) is 14.3. The largest absolute Gasteiger partial charge is 0.444 e. The van der Waals surface area contributed by atoms with Crippen molar-refractivity contribution in [2.24, 2.45) is 0 Å². The Kier molecular flexibility index (Phi) is 4.42. The minimum atomic E-state index is -0.476. The lowest BCUT2D eigenvalue weighted by Gasteiger charge is -2.29. The Balaban J connectivity index is 1.68. The molecule has 126 valence electrons. The van der Waals surface area contributed by atoms with Crippen LogP contribution in [0, 0.1) is 0 Å². The standard InChI is InChI=1S/C19H22N2O3/c1-19(2,3)23-18(22)21-11-9-15(10-12-21)17-13-16(20-24-17)14-7-5-4-6-8-14/h4-9,13H,10-12H2,1-3H3. The van der Waals surface area contributed by atoms with Crippen LogP contribution in [0.3, 0.4) is 0 Å². The molecule has 1 aliphatic rings. The maximum Gasteiger partial charge on any atom is 0.410 e. The predicted molar refractivity (Wildman–Crippen MR) is 92.3 cm³/mol. The van der Waals surface area contributed by atoms with Gasteiger partial charge in [0.1, 0.15) is 11.3 Å². The van der Waals surface area contributed by atoms with Gasteiger partial charge in [-0.05, 0) is 32.8 Å². The first kappa shape index (κ1) is 16.3. The van der Waals surface area contributed by atoms with Crippen LogP contribution in [-0.2, 0) is 4.74 Å². The fourth-order valence-corrected chi connectivity index (χ4v) is 2.56. The summed E-state index contributed by atoms with van der Waals surface area (Å²) in [4.78, 5) is 13.8. The fraction of sp³-hybridized carbons (Fsp3) is 0.368. The maximum atomic E-state index is 12.1. The van der Waals surface area contributed by atoms with Crippen LogP contribution in [-0.4, -0.2) is 34.8 Å². The number of amides is 1. The second kappa shape index (κ2) is 6.51. The van der Waals surface area contributed by atoms with Crippen molar-refractivity contribution >= 4 is 11.7 Å². The summed E-state index contributed by atoms with van der Waals surface area (Å²) in [6, 6.07) is 11.9. The van der Waals surface area contributed by atoms with Gasteiger partial charge >= 0.3 is 6.09 Å². The number of hydrogen-bond acceptors (Lipinski definition) is 4. The summed E-state index contributed by atoms with van der Waals surface area (Å²) in [6.45, 7) is 6.75. The van der Waals surface area contributed by atoms with Gasteiger partial charge in [-0.15, -0.1) is 0 Å². The Labute approximate surface area is 141 Å². The average Bonchev–Trinajstić information content (AvgIpc) is 3.04. The molecule has 2 heterocycles. The third-order valence-corrected chi connectivity index (χ3v) is 3.76. The van der Waals surface area contributed by atoms with E-state index in [1.807, 2.05) is 63.2 Å². The number of ether oxygens (including phenoxy) is 1. The normalized spacial score (nSPS) is 15.1. The second-order valence-corrected chi connectivity index (χ2v) is 6.85. The zero-order chi connectivity index (χ0) is 17.2. The molecule has 0 N–H and O–H groups in total. The summed E-state index contributed by atoms with van der Waals surface area (Å²) in [5.74, 6) is 0.762. The van der Waals surface area contributed by atoms with Gasteiger partial charge in [0.15, 0.2) is 5.76 Å². The first-order valence-corrected chi connectivity index (χ1v) is 8.12. The van der Waals surface area contributed by atoms with E-state index in [-0.39, 0.29) is 6.09 Å². The van der Waals surface area contributed by atoms with Crippen molar-refractivity contribution in [3.05, 3.63) is 48.2 Å². The van der Waals surface area contributed by atoms with E-state index in [0.717, 1.165) is 29.0 Å². The van der Waals surface area contributed by atoms with Crippen LogP contribution in [0.4, 0.5) is 4.79 Å². The summed E-state index contributed by atoms with van der Waals surface area (Å²) in [6.07, 6.45) is 2.45. The highest BCUT2D eigenvalue weighted by molar-refractivity contribution is 5.72. The van der Waals surface area contributed by atoms with Crippen LogP contribution in [0.2, 0.25) is 0 Å². The number of benzene rings is 1. The Morgan fingerprint density at radius 3 is 2.62 bits per heavy atom. The van der Waals surface area contributed by atoms with Gasteiger partial charge in [0.25, 0.3) is 0 Å². The number of carbonyl (C=O) groups is 1. The Hall–Kier alpha value is -2.56.